The topological polar surface area (TPSA) is 76.4 Å². The summed E-state index contributed by atoms with van der Waals surface area (Å²) in [4.78, 5) is 8.82. The molecule has 1 aromatic carbocycles. The third-order valence-corrected chi connectivity index (χ3v) is 4.80. The quantitative estimate of drug-likeness (QED) is 0.336. The average molecular weight is 539 g/mol. The van der Waals surface area contributed by atoms with Crippen molar-refractivity contribution in [2.45, 2.75) is 38.5 Å². The highest BCUT2D eigenvalue weighted by molar-refractivity contribution is 14.0. The number of nitrogens with one attached hydrogen (secondary N) is 2. The van der Waals surface area contributed by atoms with Gasteiger partial charge in [0, 0.05) is 43.2 Å². The predicted octanol–water partition coefficient (Wildman–Crippen LogP) is 3.07. The number of methoxy groups -OCH3 is 1. The largest absolute Gasteiger partial charge is 0.377 e. The van der Waals surface area contributed by atoms with Gasteiger partial charge in [-0.2, -0.15) is 5.10 Å². The molecule has 3 rings (SSSR count). The summed E-state index contributed by atoms with van der Waals surface area (Å²) in [5.41, 5.74) is 1.09. The number of aliphatic imine (C=N–C) groups is 1. The van der Waals surface area contributed by atoms with Gasteiger partial charge in [-0.15, -0.1) is 24.0 Å². The maximum absolute atomic E-state index is 6.05. The summed E-state index contributed by atoms with van der Waals surface area (Å²) in [6.07, 6.45) is 2.67. The molecule has 0 spiro atoms. The summed E-state index contributed by atoms with van der Waals surface area (Å²) < 4.78 is 7.07. The molecule has 0 saturated heterocycles. The molecule has 0 fully saturated rings. The molecule has 1 atom stereocenters. The molecule has 28 heavy (non-hydrogen) atoms. The lowest BCUT2D eigenvalue weighted by atomic mass is 10.1. The van der Waals surface area contributed by atoms with Crippen molar-refractivity contribution >= 4 is 53.1 Å². The Morgan fingerprint density at radius 3 is 2.75 bits per heavy atom. The number of hydrogen-bond acceptors (Lipinski definition) is 4. The number of benzene rings is 1. The number of hydrogen-bond donors (Lipinski definition) is 2. The Morgan fingerprint density at radius 2 is 2.07 bits per heavy atom. The Bertz CT molecular complexity index is 793. The van der Waals surface area contributed by atoms with Crippen LogP contribution in [0, 0.1) is 0 Å². The molecular formula is C18H25Cl2IN6O. The Labute approximate surface area is 192 Å². The molecule has 2 N–H and O–H groups in total. The van der Waals surface area contributed by atoms with Gasteiger partial charge in [0.15, 0.2) is 11.8 Å². The second-order valence-electron chi connectivity index (χ2n) is 6.47. The number of aromatic nitrogens is 3. The van der Waals surface area contributed by atoms with Gasteiger partial charge in [-0.1, -0.05) is 23.2 Å². The average Bonchev–Trinajstić information content (AvgIpc) is 3.02. The van der Waals surface area contributed by atoms with Crippen LogP contribution in [0.1, 0.15) is 23.6 Å². The van der Waals surface area contributed by atoms with Crippen LogP contribution in [-0.2, 0) is 30.7 Å². The van der Waals surface area contributed by atoms with Crippen molar-refractivity contribution < 1.29 is 4.74 Å². The molecule has 1 aromatic heterocycles. The van der Waals surface area contributed by atoms with Crippen molar-refractivity contribution in [3.05, 3.63) is 45.5 Å². The van der Waals surface area contributed by atoms with Gasteiger partial charge in [-0.25, -0.2) is 9.67 Å². The molecule has 2 aromatic rings. The van der Waals surface area contributed by atoms with Gasteiger partial charge in [0.2, 0.25) is 0 Å². The van der Waals surface area contributed by atoms with Crippen molar-refractivity contribution in [1.82, 2.24) is 25.4 Å². The van der Waals surface area contributed by atoms with E-state index >= 15 is 0 Å². The smallest absolute Gasteiger partial charge is 0.191 e. The van der Waals surface area contributed by atoms with Gasteiger partial charge in [-0.05, 0) is 36.6 Å². The molecule has 0 aliphatic carbocycles. The van der Waals surface area contributed by atoms with Gasteiger partial charge in [-0.3, -0.25) is 4.99 Å². The zero-order valence-corrected chi connectivity index (χ0v) is 19.8. The van der Waals surface area contributed by atoms with Crippen LogP contribution in [0.5, 0.6) is 0 Å². The van der Waals surface area contributed by atoms with Crippen molar-refractivity contribution in [2.75, 3.05) is 20.7 Å². The fourth-order valence-electron chi connectivity index (χ4n) is 3.14. The molecule has 1 aliphatic heterocycles. The van der Waals surface area contributed by atoms with Crippen LogP contribution < -0.4 is 10.6 Å². The molecule has 10 heteroatoms. The lowest BCUT2D eigenvalue weighted by molar-refractivity contribution is 0.177. The minimum atomic E-state index is 0. The van der Waals surface area contributed by atoms with E-state index in [-0.39, 0.29) is 30.0 Å². The van der Waals surface area contributed by atoms with E-state index in [0.29, 0.717) is 16.7 Å². The summed E-state index contributed by atoms with van der Waals surface area (Å²) in [5.74, 6) is 2.52. The van der Waals surface area contributed by atoms with Crippen LogP contribution in [0.2, 0.25) is 10.0 Å². The first kappa shape index (κ1) is 23.2. The summed E-state index contributed by atoms with van der Waals surface area (Å²) in [5, 5.41) is 12.6. The number of fused-ring (bicyclic) bond motifs is 1. The van der Waals surface area contributed by atoms with Crippen LogP contribution in [0.15, 0.2) is 23.2 Å². The van der Waals surface area contributed by atoms with Crippen LogP contribution in [0.3, 0.4) is 0 Å². The van der Waals surface area contributed by atoms with Gasteiger partial charge < -0.3 is 15.4 Å². The van der Waals surface area contributed by atoms with Gasteiger partial charge in [0.25, 0.3) is 0 Å². The van der Waals surface area contributed by atoms with Crippen LogP contribution in [0.25, 0.3) is 0 Å². The third kappa shape index (κ3) is 6.47. The molecule has 0 amide bonds. The highest BCUT2D eigenvalue weighted by Crippen LogP contribution is 2.19. The summed E-state index contributed by atoms with van der Waals surface area (Å²) >= 11 is 12.1. The molecule has 154 valence electrons. The van der Waals surface area contributed by atoms with Crippen molar-refractivity contribution in [2.24, 2.45) is 4.99 Å². The minimum Gasteiger partial charge on any atom is -0.377 e. The fourth-order valence-corrected chi connectivity index (χ4v) is 3.71. The summed E-state index contributed by atoms with van der Waals surface area (Å²) in [6.45, 7) is 1.93. The van der Waals surface area contributed by atoms with E-state index < -0.39 is 0 Å². The van der Waals surface area contributed by atoms with Crippen LogP contribution in [-0.4, -0.2) is 47.5 Å². The zero-order valence-electron chi connectivity index (χ0n) is 15.9. The summed E-state index contributed by atoms with van der Waals surface area (Å²) in [7, 11) is 3.42. The maximum atomic E-state index is 6.05. The normalized spacial score (nSPS) is 16.3. The van der Waals surface area contributed by atoms with E-state index in [4.69, 9.17) is 27.9 Å². The first-order valence-corrected chi connectivity index (χ1v) is 9.66. The molecule has 1 unspecified atom stereocenters. The second kappa shape index (κ2) is 11.2. The van der Waals surface area contributed by atoms with Crippen molar-refractivity contribution in [3.8, 4) is 0 Å². The van der Waals surface area contributed by atoms with Gasteiger partial charge in [0.05, 0.1) is 6.54 Å². The number of ether oxygens (including phenoxy) is 1. The fraction of sp³-hybridized carbons (Fsp3) is 0.500. The van der Waals surface area contributed by atoms with E-state index in [1.807, 2.05) is 16.8 Å². The van der Waals surface area contributed by atoms with Crippen molar-refractivity contribution in [3.63, 3.8) is 0 Å². The monoisotopic (exact) mass is 538 g/mol. The van der Waals surface area contributed by atoms with Crippen LogP contribution in [0.4, 0.5) is 0 Å². The number of rotatable bonds is 6. The SMILES string of the molecule is CN=C(NCCc1cc(Cl)cc(Cl)c1)NC1CCc2nc(COC)nn2C1.I. The molecule has 2 heterocycles. The van der Waals surface area contributed by atoms with Crippen molar-refractivity contribution in [1.29, 1.82) is 0 Å². The maximum Gasteiger partial charge on any atom is 0.191 e. The zero-order chi connectivity index (χ0) is 19.2. The number of halogens is 3. The highest BCUT2D eigenvalue weighted by Gasteiger charge is 2.22. The Morgan fingerprint density at radius 1 is 1.32 bits per heavy atom. The molecule has 0 radical (unpaired) electrons. The molecule has 1 aliphatic rings. The Hall–Kier alpha value is -1.10. The lowest BCUT2D eigenvalue weighted by Gasteiger charge is -2.25. The molecular weight excluding hydrogens is 514 g/mol. The lowest BCUT2D eigenvalue weighted by Crippen LogP contribution is -2.47. The van der Waals surface area contributed by atoms with E-state index in [1.54, 1.807) is 20.2 Å². The summed E-state index contributed by atoms with van der Waals surface area (Å²) in [6, 6.07) is 5.84. The van der Waals surface area contributed by atoms with E-state index in [1.165, 1.54) is 0 Å². The standard InChI is InChI=1S/C18H24Cl2N6O.HI/c1-21-18(22-6-5-12-7-13(19)9-14(20)8-12)23-15-3-4-17-24-16(11-27-2)25-26(17)10-15;/h7-9,15H,3-6,10-11H2,1-2H3,(H2,21,22,23);1H. The molecule has 0 bridgehead atoms. The Balaban J connectivity index is 0.00000280. The predicted molar refractivity (Wildman–Crippen MR) is 123 cm³/mol. The van der Waals surface area contributed by atoms with E-state index in [0.717, 1.165) is 55.5 Å². The van der Waals surface area contributed by atoms with Gasteiger partial charge >= 0.3 is 0 Å². The number of nitrogens with zero attached hydrogens (tertiary/aromatic N) is 4. The van der Waals surface area contributed by atoms with E-state index in [9.17, 15) is 0 Å². The van der Waals surface area contributed by atoms with Crippen LogP contribution >= 0.6 is 47.2 Å². The number of guanidine groups is 1. The Kier molecular flexibility index (Phi) is 9.26. The van der Waals surface area contributed by atoms with Gasteiger partial charge in [0.1, 0.15) is 12.4 Å². The first-order chi connectivity index (χ1) is 13.1. The minimum absolute atomic E-state index is 0. The number of aryl methyl sites for hydroxylation is 1. The third-order valence-electron chi connectivity index (χ3n) is 4.37. The first-order valence-electron chi connectivity index (χ1n) is 8.91. The van der Waals surface area contributed by atoms with E-state index in [2.05, 4.69) is 25.7 Å². The second-order valence-corrected chi connectivity index (χ2v) is 7.34. The molecule has 0 saturated carbocycles. The highest BCUT2D eigenvalue weighted by atomic mass is 127. The molecule has 7 nitrogen and oxygen atoms in total.